The highest BCUT2D eigenvalue weighted by atomic mass is 32.1. The number of aryl methyl sites for hydroxylation is 1. The topological polar surface area (TPSA) is 77.0 Å². The van der Waals surface area contributed by atoms with Gasteiger partial charge < -0.3 is 9.72 Å². The van der Waals surface area contributed by atoms with Crippen LogP contribution in [0.4, 0.5) is 0 Å². The van der Waals surface area contributed by atoms with Gasteiger partial charge in [-0.3, -0.25) is 14.2 Å². The number of rotatable bonds is 6. The van der Waals surface area contributed by atoms with Gasteiger partial charge in [0.25, 0.3) is 5.56 Å². The van der Waals surface area contributed by atoms with Crippen LogP contribution in [0.2, 0.25) is 0 Å². The van der Waals surface area contributed by atoms with E-state index in [-0.39, 0.29) is 17.5 Å². The Balaban J connectivity index is 1.73. The van der Waals surface area contributed by atoms with Crippen LogP contribution in [0.5, 0.6) is 5.75 Å². The Hall–Kier alpha value is -2.71. The van der Waals surface area contributed by atoms with E-state index in [2.05, 4.69) is 9.97 Å². The monoisotopic (exact) mass is 413 g/mol. The molecule has 0 fully saturated rings. The van der Waals surface area contributed by atoms with Crippen LogP contribution in [0, 0.1) is 6.92 Å². The maximum Gasteiger partial charge on any atom is 0.263 e. The fourth-order valence-corrected chi connectivity index (χ4v) is 4.96. The van der Waals surface area contributed by atoms with Gasteiger partial charge in [0, 0.05) is 33.3 Å². The Bertz CT molecular complexity index is 1240. The molecule has 6 nitrogen and oxygen atoms in total. The first kappa shape index (κ1) is 18.6. The zero-order chi connectivity index (χ0) is 19.7. The van der Waals surface area contributed by atoms with Gasteiger partial charge in [-0.1, -0.05) is 13.0 Å². The molecule has 0 saturated carbocycles. The standard InChI is InChI=1S/C20H19N3O3S2/c1-3-6-26-15-9-21-13(8-14(15)24)10-23-11-22-19-18(20(23)25)17(12(2)28-19)16-5-4-7-27-16/h4-5,7-9,11H,3,6,10H2,1-2H3,(H,21,24). The number of fused-ring (bicyclic) bond motifs is 1. The second-order valence-corrected chi connectivity index (χ2v) is 8.55. The smallest absolute Gasteiger partial charge is 0.263 e. The molecule has 4 rings (SSSR count). The Kier molecular flexibility index (Phi) is 5.15. The summed E-state index contributed by atoms with van der Waals surface area (Å²) < 4.78 is 6.94. The minimum Gasteiger partial charge on any atom is -0.488 e. The summed E-state index contributed by atoms with van der Waals surface area (Å²) >= 11 is 3.13. The van der Waals surface area contributed by atoms with Gasteiger partial charge in [-0.05, 0) is 24.8 Å². The largest absolute Gasteiger partial charge is 0.488 e. The SMILES string of the molecule is CCCOc1c[nH]c(Cn2cnc3sc(C)c(-c4cccs4)c3c2=O)cc1=O. The maximum absolute atomic E-state index is 13.2. The maximum atomic E-state index is 13.2. The highest BCUT2D eigenvalue weighted by Crippen LogP contribution is 2.37. The van der Waals surface area contributed by atoms with E-state index in [4.69, 9.17) is 4.74 Å². The lowest BCUT2D eigenvalue weighted by Crippen LogP contribution is -2.22. The average Bonchev–Trinajstić information content (AvgIpc) is 3.30. The van der Waals surface area contributed by atoms with Crippen LogP contribution in [0.1, 0.15) is 23.9 Å². The van der Waals surface area contributed by atoms with E-state index in [1.165, 1.54) is 22.0 Å². The third-order valence-electron chi connectivity index (χ3n) is 4.36. The van der Waals surface area contributed by atoms with E-state index < -0.39 is 0 Å². The number of aromatic nitrogens is 3. The van der Waals surface area contributed by atoms with Crippen molar-refractivity contribution in [1.82, 2.24) is 14.5 Å². The van der Waals surface area contributed by atoms with E-state index in [0.29, 0.717) is 23.4 Å². The van der Waals surface area contributed by atoms with Crippen molar-refractivity contribution in [1.29, 1.82) is 0 Å². The molecular weight excluding hydrogens is 394 g/mol. The van der Waals surface area contributed by atoms with Crippen LogP contribution >= 0.6 is 22.7 Å². The molecule has 0 bridgehead atoms. The van der Waals surface area contributed by atoms with Gasteiger partial charge in [-0.15, -0.1) is 22.7 Å². The molecule has 0 unspecified atom stereocenters. The van der Waals surface area contributed by atoms with Crippen molar-refractivity contribution in [2.75, 3.05) is 6.61 Å². The molecule has 4 aromatic rings. The molecule has 1 N–H and O–H groups in total. The van der Waals surface area contributed by atoms with Crippen LogP contribution in [-0.2, 0) is 6.54 Å². The summed E-state index contributed by atoms with van der Waals surface area (Å²) in [7, 11) is 0. The highest BCUT2D eigenvalue weighted by molar-refractivity contribution is 7.20. The molecular formula is C20H19N3O3S2. The third kappa shape index (κ3) is 3.41. The summed E-state index contributed by atoms with van der Waals surface area (Å²) in [5, 5.41) is 2.64. The second-order valence-electron chi connectivity index (χ2n) is 6.40. The first-order chi connectivity index (χ1) is 13.6. The summed E-state index contributed by atoms with van der Waals surface area (Å²) in [5.74, 6) is 0.292. The molecule has 0 aliphatic carbocycles. The lowest BCUT2D eigenvalue weighted by molar-refractivity contribution is 0.313. The number of nitrogens with zero attached hydrogens (tertiary/aromatic N) is 2. The zero-order valence-corrected chi connectivity index (χ0v) is 17.2. The number of nitrogens with one attached hydrogen (secondary N) is 1. The fourth-order valence-electron chi connectivity index (χ4n) is 3.07. The van der Waals surface area contributed by atoms with Gasteiger partial charge in [-0.25, -0.2) is 4.98 Å². The van der Waals surface area contributed by atoms with Crippen LogP contribution < -0.4 is 15.7 Å². The normalized spacial score (nSPS) is 11.2. The predicted molar refractivity (Wildman–Crippen MR) is 114 cm³/mol. The van der Waals surface area contributed by atoms with Crippen molar-refractivity contribution in [2.45, 2.75) is 26.8 Å². The predicted octanol–water partition coefficient (Wildman–Crippen LogP) is 4.02. The van der Waals surface area contributed by atoms with Crippen molar-refractivity contribution >= 4 is 32.9 Å². The van der Waals surface area contributed by atoms with Crippen LogP contribution in [-0.4, -0.2) is 21.1 Å². The molecule has 144 valence electrons. The summed E-state index contributed by atoms with van der Waals surface area (Å²) in [6, 6.07) is 5.47. The Morgan fingerprint density at radius 2 is 2.18 bits per heavy atom. The van der Waals surface area contributed by atoms with Gasteiger partial charge in [0.2, 0.25) is 5.43 Å². The molecule has 0 amide bonds. The van der Waals surface area contributed by atoms with Crippen molar-refractivity contribution in [3.63, 3.8) is 0 Å². The lowest BCUT2D eigenvalue weighted by atomic mass is 10.1. The van der Waals surface area contributed by atoms with E-state index in [0.717, 1.165) is 26.6 Å². The minimum absolute atomic E-state index is 0.107. The van der Waals surface area contributed by atoms with Crippen molar-refractivity contribution in [3.05, 3.63) is 67.3 Å². The highest BCUT2D eigenvalue weighted by Gasteiger charge is 2.17. The van der Waals surface area contributed by atoms with Gasteiger partial charge in [0.1, 0.15) is 4.83 Å². The van der Waals surface area contributed by atoms with Crippen LogP contribution in [0.3, 0.4) is 0 Å². The van der Waals surface area contributed by atoms with Crippen LogP contribution in [0.15, 0.2) is 45.7 Å². The first-order valence-corrected chi connectivity index (χ1v) is 10.6. The number of aromatic amines is 1. The second kappa shape index (κ2) is 7.73. The van der Waals surface area contributed by atoms with Gasteiger partial charge in [0.05, 0.1) is 24.9 Å². The van der Waals surface area contributed by atoms with E-state index in [1.54, 1.807) is 23.9 Å². The fraction of sp³-hybridized carbons (Fsp3) is 0.250. The molecule has 8 heteroatoms. The number of thiophene rings is 2. The summed E-state index contributed by atoms with van der Waals surface area (Å²) in [6.07, 6.45) is 3.92. The van der Waals surface area contributed by atoms with E-state index in [9.17, 15) is 9.59 Å². The molecule has 0 aliphatic heterocycles. The number of H-pyrrole nitrogens is 1. The Morgan fingerprint density at radius 3 is 2.89 bits per heavy atom. The third-order valence-corrected chi connectivity index (χ3v) is 6.26. The van der Waals surface area contributed by atoms with Crippen molar-refractivity contribution in [3.8, 4) is 16.2 Å². The van der Waals surface area contributed by atoms with Gasteiger partial charge in [-0.2, -0.15) is 0 Å². The Labute approximate surface area is 169 Å². The van der Waals surface area contributed by atoms with Gasteiger partial charge in [0.15, 0.2) is 5.75 Å². The molecule has 0 saturated heterocycles. The molecule has 4 aromatic heterocycles. The molecule has 4 heterocycles. The molecule has 0 aromatic carbocycles. The van der Waals surface area contributed by atoms with Crippen molar-refractivity contribution < 1.29 is 4.74 Å². The van der Waals surface area contributed by atoms with E-state index in [1.807, 2.05) is 31.4 Å². The number of hydrogen-bond donors (Lipinski definition) is 1. The average molecular weight is 414 g/mol. The summed E-state index contributed by atoms with van der Waals surface area (Å²) in [4.78, 5) is 35.8. The molecule has 0 spiro atoms. The lowest BCUT2D eigenvalue weighted by Gasteiger charge is -2.08. The number of ether oxygens (including phenoxy) is 1. The van der Waals surface area contributed by atoms with Gasteiger partial charge >= 0.3 is 0 Å². The zero-order valence-electron chi connectivity index (χ0n) is 15.5. The summed E-state index contributed by atoms with van der Waals surface area (Å²) in [5.41, 5.74) is 1.28. The first-order valence-electron chi connectivity index (χ1n) is 8.95. The molecule has 28 heavy (non-hydrogen) atoms. The number of hydrogen-bond acceptors (Lipinski definition) is 6. The van der Waals surface area contributed by atoms with Crippen molar-refractivity contribution in [2.24, 2.45) is 0 Å². The Morgan fingerprint density at radius 1 is 1.32 bits per heavy atom. The molecule has 0 aliphatic rings. The summed E-state index contributed by atoms with van der Waals surface area (Å²) in [6.45, 7) is 4.72. The van der Waals surface area contributed by atoms with Crippen LogP contribution in [0.25, 0.3) is 20.7 Å². The molecule has 0 atom stereocenters. The number of pyridine rings is 1. The van der Waals surface area contributed by atoms with E-state index >= 15 is 0 Å². The molecule has 0 radical (unpaired) electrons. The minimum atomic E-state index is -0.199. The quantitative estimate of drug-likeness (QED) is 0.518.